The fourth-order valence-electron chi connectivity index (χ4n) is 8.02. The van der Waals surface area contributed by atoms with Crippen LogP contribution in [0.1, 0.15) is 136 Å². The van der Waals surface area contributed by atoms with Gasteiger partial charge in [0.2, 0.25) is 0 Å². The number of amides is 2. The van der Waals surface area contributed by atoms with Crippen LogP contribution in [0.15, 0.2) is 97.3 Å². The van der Waals surface area contributed by atoms with Crippen molar-refractivity contribution in [3.05, 3.63) is 141 Å². The van der Waals surface area contributed by atoms with Gasteiger partial charge in [0.1, 0.15) is 23.1 Å². The molecular weight excluding hydrogens is 956 g/mol. The van der Waals surface area contributed by atoms with Gasteiger partial charge in [-0.25, -0.2) is 9.97 Å². The van der Waals surface area contributed by atoms with Crippen LogP contribution in [0.4, 0.5) is 0 Å². The molecule has 3 unspecified atom stereocenters. The first-order valence-corrected chi connectivity index (χ1v) is 24.8. The zero-order valence-corrected chi connectivity index (χ0v) is 44.9. The number of carbonyl (C=O) groups excluding carboxylic acids is 3. The molecule has 0 saturated heterocycles. The van der Waals surface area contributed by atoms with Crippen LogP contribution in [0.3, 0.4) is 0 Å². The zero-order valence-electron chi connectivity index (χ0n) is 43.4. The van der Waals surface area contributed by atoms with Crippen molar-refractivity contribution in [1.29, 1.82) is 0 Å². The summed E-state index contributed by atoms with van der Waals surface area (Å²) in [4.78, 5) is 48.5. The lowest BCUT2D eigenvalue weighted by molar-refractivity contribution is 0.0789. The third-order valence-electron chi connectivity index (χ3n) is 11.4. The van der Waals surface area contributed by atoms with Crippen LogP contribution in [-0.2, 0) is 24.9 Å². The van der Waals surface area contributed by atoms with Gasteiger partial charge < -0.3 is 44.6 Å². The minimum atomic E-state index is -1.01. The molecule has 16 heteroatoms. The first-order valence-electron chi connectivity index (χ1n) is 24.1. The first kappa shape index (κ1) is 56.9. The van der Waals surface area contributed by atoms with Crippen LogP contribution < -0.4 is 20.1 Å². The molecule has 5 N–H and O–H groups in total. The van der Waals surface area contributed by atoms with Crippen molar-refractivity contribution in [3.63, 3.8) is 0 Å². The number of aryl methyl sites for hydroxylation is 2. The number of aromatic nitrogens is 4. The Labute approximate surface area is 433 Å². The van der Waals surface area contributed by atoms with E-state index < -0.39 is 30.0 Å². The highest BCUT2D eigenvalue weighted by Crippen LogP contribution is 2.31. The molecule has 386 valence electrons. The van der Waals surface area contributed by atoms with Crippen LogP contribution in [-0.4, -0.2) is 89.5 Å². The van der Waals surface area contributed by atoms with E-state index in [4.69, 9.17) is 42.6 Å². The minimum absolute atomic E-state index is 0.0455. The number of ether oxygens (including phenoxy) is 2. The summed E-state index contributed by atoms with van der Waals surface area (Å²) in [6, 6.07) is 22.5. The second kappa shape index (κ2) is 24.6. The second-order valence-electron chi connectivity index (χ2n) is 20.4. The van der Waals surface area contributed by atoms with Gasteiger partial charge in [-0.1, -0.05) is 113 Å². The van der Waals surface area contributed by atoms with E-state index in [1.54, 1.807) is 36.4 Å². The van der Waals surface area contributed by atoms with Crippen molar-refractivity contribution in [3.8, 4) is 34.0 Å². The summed E-state index contributed by atoms with van der Waals surface area (Å²) >= 11 is 12.5. The maximum absolute atomic E-state index is 13.2. The lowest BCUT2D eigenvalue weighted by atomic mass is 9.96. The van der Waals surface area contributed by atoms with Gasteiger partial charge in [-0.3, -0.25) is 14.4 Å². The van der Waals surface area contributed by atoms with E-state index in [1.165, 1.54) is 12.1 Å². The van der Waals surface area contributed by atoms with Gasteiger partial charge in [0, 0.05) is 78.4 Å². The molecule has 0 aliphatic rings. The Kier molecular flexibility index (Phi) is 19.4. The van der Waals surface area contributed by atoms with Gasteiger partial charge >= 0.3 is 0 Å². The van der Waals surface area contributed by atoms with Gasteiger partial charge in [-0.05, 0) is 82.5 Å². The number of imidazole rings is 2. The van der Waals surface area contributed by atoms with E-state index in [0.717, 1.165) is 34.2 Å². The van der Waals surface area contributed by atoms with Crippen LogP contribution >= 0.6 is 23.2 Å². The highest BCUT2D eigenvalue weighted by Gasteiger charge is 2.27. The van der Waals surface area contributed by atoms with Crippen molar-refractivity contribution >= 4 is 40.8 Å². The quantitative estimate of drug-likeness (QED) is 0.0518. The molecule has 4 aromatic carbocycles. The third kappa shape index (κ3) is 15.0. The normalized spacial score (nSPS) is 13.0. The highest BCUT2D eigenvalue weighted by molar-refractivity contribution is 6.32. The largest absolute Gasteiger partial charge is 0.489 e. The number of hydrogen-bond acceptors (Lipinski definition) is 10. The number of benzene rings is 4. The summed E-state index contributed by atoms with van der Waals surface area (Å²) in [5.41, 5.74) is 5.02. The van der Waals surface area contributed by atoms with E-state index >= 15 is 0 Å². The summed E-state index contributed by atoms with van der Waals surface area (Å²) in [7, 11) is 3.95. The average molecular weight is 1030 g/mol. The maximum Gasteiger partial charge on any atom is 0.251 e. The summed E-state index contributed by atoms with van der Waals surface area (Å²) < 4.78 is 15.3. The van der Waals surface area contributed by atoms with E-state index in [2.05, 4.69) is 52.2 Å². The van der Waals surface area contributed by atoms with Crippen LogP contribution in [0, 0.1) is 0 Å². The molecule has 3 atom stereocenters. The van der Waals surface area contributed by atoms with E-state index in [1.807, 2.05) is 99.7 Å². The van der Waals surface area contributed by atoms with E-state index in [0.29, 0.717) is 43.8 Å². The monoisotopic (exact) mass is 1020 g/mol. The molecule has 72 heavy (non-hydrogen) atoms. The molecule has 2 aromatic heterocycles. The number of carbonyl (C=O) groups is 3. The predicted octanol–water partition coefficient (Wildman–Crippen LogP) is 10.2. The molecule has 0 radical (unpaired) electrons. The van der Waals surface area contributed by atoms with Gasteiger partial charge in [0.25, 0.3) is 11.8 Å². The Bertz CT molecular complexity index is 2790. The molecular formula is C56H70Cl2N6O8. The SMILES string of the molecule is CC(C)Oc1ccc(C(=O)NC(CCO)C(=O)c2ccc(-c3cn(C)c(C(C)(C)C)n3)cc2)cc1Cl.CC(C)Oc1ccc(C(=O)NC(CCO)C(O)c2ccc(-c3cn(C)c(C(C)(C)C)n3)cc2)cc1Cl. The van der Waals surface area contributed by atoms with Crippen LogP contribution in [0.25, 0.3) is 22.5 Å². The zero-order chi connectivity index (χ0) is 53.2. The molecule has 0 spiro atoms. The molecule has 0 aliphatic carbocycles. The Morgan fingerprint density at radius 3 is 1.39 bits per heavy atom. The molecule has 6 aromatic rings. The van der Waals surface area contributed by atoms with E-state index in [-0.39, 0.29) is 54.9 Å². The molecule has 0 fully saturated rings. The first-order chi connectivity index (χ1) is 33.8. The van der Waals surface area contributed by atoms with Gasteiger partial charge in [-0.2, -0.15) is 0 Å². The number of aliphatic hydroxyl groups is 3. The fraction of sp³-hybridized carbons (Fsp3) is 0.411. The maximum atomic E-state index is 13.2. The number of hydrogen-bond donors (Lipinski definition) is 5. The third-order valence-corrected chi connectivity index (χ3v) is 12.0. The molecule has 14 nitrogen and oxygen atoms in total. The number of nitrogens with one attached hydrogen (secondary N) is 2. The number of halogens is 2. The standard InChI is InChI=1S/C28H36ClN3O4.C28H34ClN3O4/c2*1-17(2)36-24-12-11-20(15-21(24)29)26(35)30-22(13-14-33)25(34)19-9-7-18(8-10-19)23-16-32(6)27(31-23)28(3,4)5/h7-12,15-17,22,25,33-34H,13-14H2,1-6H3,(H,30,35);7-12,15-17,22,33H,13-14H2,1-6H3,(H,30,35). The van der Waals surface area contributed by atoms with E-state index in [9.17, 15) is 29.7 Å². The number of rotatable bonds is 18. The molecule has 6 rings (SSSR count). The van der Waals surface area contributed by atoms with Crippen molar-refractivity contribution in [2.75, 3.05) is 13.2 Å². The fourth-order valence-corrected chi connectivity index (χ4v) is 8.47. The number of Topliss-reactive ketones (excluding diaryl/α,β-unsaturated/α-hetero) is 1. The topological polar surface area (TPSA) is 190 Å². The summed E-state index contributed by atoms with van der Waals surface area (Å²) in [5.74, 6) is 1.78. The van der Waals surface area contributed by atoms with Crippen molar-refractivity contribution in [1.82, 2.24) is 29.7 Å². The van der Waals surface area contributed by atoms with Crippen molar-refractivity contribution < 1.29 is 39.2 Å². The molecule has 0 aliphatic heterocycles. The average Bonchev–Trinajstić information content (AvgIpc) is 3.92. The Morgan fingerprint density at radius 2 is 1.01 bits per heavy atom. The smallest absolute Gasteiger partial charge is 0.251 e. The van der Waals surface area contributed by atoms with Gasteiger partial charge in [-0.15, -0.1) is 0 Å². The van der Waals surface area contributed by atoms with Gasteiger partial charge in [0.15, 0.2) is 5.78 Å². The Morgan fingerprint density at radius 1 is 0.611 bits per heavy atom. The summed E-state index contributed by atoms with van der Waals surface area (Å²) in [6.07, 6.45) is 3.12. The Balaban J connectivity index is 0.000000267. The van der Waals surface area contributed by atoms with Crippen molar-refractivity contribution in [2.24, 2.45) is 14.1 Å². The lowest BCUT2D eigenvalue weighted by Crippen LogP contribution is -2.41. The second-order valence-corrected chi connectivity index (χ2v) is 21.2. The molecule has 2 amide bonds. The van der Waals surface area contributed by atoms with Gasteiger partial charge in [0.05, 0.1) is 51.8 Å². The summed E-state index contributed by atoms with van der Waals surface area (Å²) in [5, 5.41) is 36.3. The highest BCUT2D eigenvalue weighted by atomic mass is 35.5. The minimum Gasteiger partial charge on any atom is -0.489 e. The number of aliphatic hydroxyl groups excluding tert-OH is 3. The van der Waals surface area contributed by atoms with Crippen LogP contribution in [0.5, 0.6) is 11.5 Å². The Hall–Kier alpha value is -6.03. The molecule has 0 bridgehead atoms. The lowest BCUT2D eigenvalue weighted by Gasteiger charge is -2.24. The molecule has 2 heterocycles. The number of nitrogens with zero attached hydrogens (tertiary/aromatic N) is 4. The summed E-state index contributed by atoms with van der Waals surface area (Å²) in [6.45, 7) is 19.8. The molecule has 0 saturated carbocycles. The van der Waals surface area contributed by atoms with Crippen molar-refractivity contribution in [2.45, 2.75) is 123 Å². The predicted molar refractivity (Wildman–Crippen MR) is 284 cm³/mol. The number of ketones is 1. The van der Waals surface area contributed by atoms with Crippen LogP contribution in [0.2, 0.25) is 10.0 Å².